The minimum Gasteiger partial charge on any atom is -0.462 e. The van der Waals surface area contributed by atoms with Gasteiger partial charge < -0.3 is 14.2 Å². The molecule has 1 atom stereocenters. The molecule has 0 aromatic rings. The molecule has 0 heterocycles. The monoisotopic (exact) mass is 1030 g/mol. The van der Waals surface area contributed by atoms with Crippen molar-refractivity contribution >= 4 is 17.9 Å². The van der Waals surface area contributed by atoms with Crippen molar-refractivity contribution in [1.82, 2.24) is 0 Å². The minimum atomic E-state index is -0.769. The molecule has 6 heteroatoms. The lowest BCUT2D eigenvalue weighted by molar-refractivity contribution is -0.167. The number of carbonyl (C=O) groups is 3. The van der Waals surface area contributed by atoms with Crippen molar-refractivity contribution in [3.63, 3.8) is 0 Å². The first-order valence-electron chi connectivity index (χ1n) is 32.8. The zero-order chi connectivity index (χ0) is 52.9. The van der Waals surface area contributed by atoms with Gasteiger partial charge in [-0.2, -0.15) is 0 Å². The molecule has 0 amide bonds. The highest BCUT2D eigenvalue weighted by Gasteiger charge is 2.19. The molecule has 0 fully saturated rings. The SMILES string of the molecule is CCCCC/C=C\C/C=C\CCCCCCCCCCCC(=O)OC(COC(=O)CCCCCCCCCCCCCC)COC(=O)CCCCCCCCCCCCCCCCCCCCCCCCCC. The molecule has 0 N–H and O–H groups in total. The van der Waals surface area contributed by atoms with E-state index in [1.165, 1.54) is 263 Å². The molecule has 1 unspecified atom stereocenters. The van der Waals surface area contributed by atoms with E-state index in [2.05, 4.69) is 45.1 Å². The average molecular weight is 1030 g/mol. The van der Waals surface area contributed by atoms with E-state index in [0.29, 0.717) is 19.3 Å². The summed E-state index contributed by atoms with van der Waals surface area (Å²) in [5, 5.41) is 0. The lowest BCUT2D eigenvalue weighted by Crippen LogP contribution is -2.30. The van der Waals surface area contributed by atoms with Crippen LogP contribution in [-0.4, -0.2) is 37.2 Å². The first-order chi connectivity index (χ1) is 36.0. The van der Waals surface area contributed by atoms with Crippen molar-refractivity contribution in [3.05, 3.63) is 24.3 Å². The number of ether oxygens (including phenoxy) is 3. The van der Waals surface area contributed by atoms with E-state index in [-0.39, 0.29) is 31.1 Å². The molecular formula is C67H126O6. The van der Waals surface area contributed by atoms with Gasteiger partial charge in [-0.15, -0.1) is 0 Å². The van der Waals surface area contributed by atoms with Crippen LogP contribution >= 0.6 is 0 Å². The fourth-order valence-corrected chi connectivity index (χ4v) is 10.0. The Bertz CT molecular complexity index is 1180. The van der Waals surface area contributed by atoms with Gasteiger partial charge in [-0.25, -0.2) is 0 Å². The van der Waals surface area contributed by atoms with E-state index in [0.717, 1.165) is 64.2 Å². The Morgan fingerprint density at radius 3 is 0.781 bits per heavy atom. The number of esters is 3. The Balaban J connectivity index is 4.22. The number of hydrogen-bond acceptors (Lipinski definition) is 6. The summed E-state index contributed by atoms with van der Waals surface area (Å²) in [7, 11) is 0. The number of carbonyl (C=O) groups excluding carboxylic acids is 3. The van der Waals surface area contributed by atoms with Crippen LogP contribution in [0.25, 0.3) is 0 Å². The van der Waals surface area contributed by atoms with Gasteiger partial charge in [0.1, 0.15) is 13.2 Å². The van der Waals surface area contributed by atoms with Crippen LogP contribution in [0, 0.1) is 0 Å². The van der Waals surface area contributed by atoms with Gasteiger partial charge in [0.25, 0.3) is 0 Å². The Kier molecular flexibility index (Phi) is 60.6. The largest absolute Gasteiger partial charge is 0.462 e. The molecule has 0 radical (unpaired) electrons. The molecule has 0 spiro atoms. The summed E-state index contributed by atoms with van der Waals surface area (Å²) in [4.78, 5) is 38.3. The molecule has 0 bridgehead atoms. The van der Waals surface area contributed by atoms with E-state index >= 15 is 0 Å². The van der Waals surface area contributed by atoms with Crippen LogP contribution in [-0.2, 0) is 28.6 Å². The molecule has 73 heavy (non-hydrogen) atoms. The third kappa shape index (κ3) is 60.6. The van der Waals surface area contributed by atoms with E-state index in [1.54, 1.807) is 0 Å². The highest BCUT2D eigenvalue weighted by Crippen LogP contribution is 2.18. The quantitative estimate of drug-likeness (QED) is 0.0261. The molecule has 0 rings (SSSR count). The first kappa shape index (κ1) is 70.9. The maximum Gasteiger partial charge on any atom is 0.306 e. The van der Waals surface area contributed by atoms with Crippen LogP contribution in [0.3, 0.4) is 0 Å². The highest BCUT2D eigenvalue weighted by molar-refractivity contribution is 5.71. The first-order valence-corrected chi connectivity index (χ1v) is 32.8. The second-order valence-electron chi connectivity index (χ2n) is 22.4. The number of allylic oxidation sites excluding steroid dienone is 4. The summed E-state index contributed by atoms with van der Waals surface area (Å²) >= 11 is 0. The summed E-state index contributed by atoms with van der Waals surface area (Å²) < 4.78 is 16.9. The fourth-order valence-electron chi connectivity index (χ4n) is 10.0. The third-order valence-corrected chi connectivity index (χ3v) is 15.0. The second-order valence-corrected chi connectivity index (χ2v) is 22.4. The van der Waals surface area contributed by atoms with Gasteiger partial charge in [0, 0.05) is 19.3 Å². The highest BCUT2D eigenvalue weighted by atomic mass is 16.6. The molecule has 0 aromatic carbocycles. The summed E-state index contributed by atoms with van der Waals surface area (Å²) in [6, 6.07) is 0. The van der Waals surface area contributed by atoms with Crippen LogP contribution in [0.1, 0.15) is 367 Å². The van der Waals surface area contributed by atoms with Crippen molar-refractivity contribution in [3.8, 4) is 0 Å². The molecule has 0 saturated carbocycles. The van der Waals surface area contributed by atoms with Crippen molar-refractivity contribution in [1.29, 1.82) is 0 Å². The van der Waals surface area contributed by atoms with Crippen LogP contribution in [0.15, 0.2) is 24.3 Å². The number of rotatable bonds is 61. The summed E-state index contributed by atoms with van der Waals surface area (Å²) in [5.74, 6) is -0.843. The normalized spacial score (nSPS) is 12.1. The van der Waals surface area contributed by atoms with Crippen LogP contribution in [0.4, 0.5) is 0 Å². The molecule has 430 valence electrons. The van der Waals surface area contributed by atoms with Gasteiger partial charge in [0.2, 0.25) is 0 Å². The van der Waals surface area contributed by atoms with Crippen molar-refractivity contribution in [2.75, 3.05) is 13.2 Å². The molecule has 6 nitrogen and oxygen atoms in total. The Morgan fingerprint density at radius 1 is 0.274 bits per heavy atom. The fraction of sp³-hybridized carbons (Fsp3) is 0.896. The molecule has 0 aromatic heterocycles. The van der Waals surface area contributed by atoms with Crippen molar-refractivity contribution in [2.45, 2.75) is 374 Å². The van der Waals surface area contributed by atoms with E-state index in [4.69, 9.17) is 14.2 Å². The third-order valence-electron chi connectivity index (χ3n) is 15.0. The minimum absolute atomic E-state index is 0.0668. The summed E-state index contributed by atoms with van der Waals surface area (Å²) in [6.07, 6.45) is 74.8. The standard InChI is InChI=1S/C67H126O6/c1-4-7-10-13-16-19-22-25-27-29-31-32-33-34-35-37-38-40-42-45-48-51-54-57-60-66(69)72-63-64(62-71-65(68)59-56-53-50-47-44-24-21-18-15-12-9-6-3)73-67(70)61-58-55-52-49-46-43-41-39-36-30-28-26-23-20-17-14-11-8-5-2/h17,20,26,28,64H,4-16,18-19,21-25,27,29-63H2,1-3H3/b20-17-,28-26-. The summed E-state index contributed by atoms with van der Waals surface area (Å²) in [5.41, 5.74) is 0. The van der Waals surface area contributed by atoms with Gasteiger partial charge in [-0.05, 0) is 51.4 Å². The molecular weight excluding hydrogens is 901 g/mol. The van der Waals surface area contributed by atoms with Gasteiger partial charge in [0.05, 0.1) is 0 Å². The topological polar surface area (TPSA) is 78.9 Å². The zero-order valence-electron chi connectivity index (χ0n) is 49.4. The van der Waals surface area contributed by atoms with E-state index < -0.39 is 6.10 Å². The molecule has 0 aliphatic heterocycles. The predicted molar refractivity (Wildman–Crippen MR) is 316 cm³/mol. The van der Waals surface area contributed by atoms with Gasteiger partial charge >= 0.3 is 17.9 Å². The van der Waals surface area contributed by atoms with Crippen molar-refractivity contribution in [2.24, 2.45) is 0 Å². The summed E-state index contributed by atoms with van der Waals surface area (Å²) in [6.45, 7) is 6.68. The van der Waals surface area contributed by atoms with Gasteiger partial charge in [0.15, 0.2) is 6.10 Å². The smallest absolute Gasteiger partial charge is 0.306 e. The van der Waals surface area contributed by atoms with Gasteiger partial charge in [-0.1, -0.05) is 321 Å². The Hall–Kier alpha value is -2.11. The maximum atomic E-state index is 12.9. The molecule has 0 saturated heterocycles. The van der Waals surface area contributed by atoms with Crippen LogP contribution in [0.5, 0.6) is 0 Å². The number of unbranched alkanes of at least 4 members (excludes halogenated alkanes) is 46. The van der Waals surface area contributed by atoms with Gasteiger partial charge in [-0.3, -0.25) is 14.4 Å². The maximum absolute atomic E-state index is 12.9. The Morgan fingerprint density at radius 2 is 0.493 bits per heavy atom. The lowest BCUT2D eigenvalue weighted by atomic mass is 10.0. The second kappa shape index (κ2) is 62.4. The van der Waals surface area contributed by atoms with Crippen molar-refractivity contribution < 1.29 is 28.6 Å². The number of hydrogen-bond donors (Lipinski definition) is 0. The van der Waals surface area contributed by atoms with Crippen LogP contribution < -0.4 is 0 Å². The van der Waals surface area contributed by atoms with E-state index in [1.807, 2.05) is 0 Å². The molecule has 0 aliphatic carbocycles. The zero-order valence-corrected chi connectivity index (χ0v) is 49.4. The predicted octanol–water partition coefficient (Wildman–Crippen LogP) is 22.2. The Labute approximate surface area is 455 Å². The van der Waals surface area contributed by atoms with Crippen LogP contribution in [0.2, 0.25) is 0 Å². The average Bonchev–Trinajstić information content (AvgIpc) is 3.39. The molecule has 0 aliphatic rings. The lowest BCUT2D eigenvalue weighted by Gasteiger charge is -2.18. The van der Waals surface area contributed by atoms with E-state index in [9.17, 15) is 14.4 Å².